The van der Waals surface area contributed by atoms with Crippen molar-refractivity contribution in [2.75, 3.05) is 0 Å². The van der Waals surface area contributed by atoms with Gasteiger partial charge in [-0.3, -0.25) is 0 Å². The molecule has 1 aromatic rings. The number of rotatable bonds is 3. The third-order valence-corrected chi connectivity index (χ3v) is 2.18. The number of hydrogen-bond acceptors (Lipinski definition) is 3. The number of phenols is 1. The summed E-state index contributed by atoms with van der Waals surface area (Å²) in [5, 5.41) is 18.4. The smallest absolute Gasteiger partial charge is 0.403 e. The summed E-state index contributed by atoms with van der Waals surface area (Å²) in [5.74, 6) is -0.0175. The van der Waals surface area contributed by atoms with Crippen LogP contribution in [0.3, 0.4) is 0 Å². The molecule has 0 aromatic heterocycles. The maximum atomic E-state index is 12.1. The fraction of sp³-hybridized carbons (Fsp3) is 0.400. The molecule has 0 radical (unpaired) electrons. The lowest BCUT2D eigenvalue weighted by molar-refractivity contribution is -0.153. The van der Waals surface area contributed by atoms with E-state index in [-0.39, 0.29) is 23.7 Å². The zero-order chi connectivity index (χ0) is 12.3. The van der Waals surface area contributed by atoms with E-state index in [2.05, 4.69) is 0 Å². The molecule has 0 unspecified atom stereocenters. The lowest BCUT2D eigenvalue weighted by Crippen LogP contribution is -2.38. The molecule has 0 aliphatic heterocycles. The summed E-state index contributed by atoms with van der Waals surface area (Å²) >= 11 is 0. The van der Waals surface area contributed by atoms with Crippen LogP contribution in [-0.2, 0) is 0 Å². The Morgan fingerprint density at radius 1 is 1.18 bits per heavy atom. The number of alkyl halides is 3. The summed E-state index contributed by atoms with van der Waals surface area (Å²) in [6.45, 7) is 0. The van der Waals surface area contributed by atoms with Gasteiger partial charge in [-0.1, -0.05) is 12.1 Å². The van der Waals surface area contributed by atoms with Crippen molar-refractivity contribution >= 4 is 12.4 Å². The van der Waals surface area contributed by atoms with Gasteiger partial charge < -0.3 is 15.9 Å². The van der Waals surface area contributed by atoms with E-state index < -0.39 is 24.7 Å². The van der Waals surface area contributed by atoms with Crippen LogP contribution in [0.2, 0.25) is 0 Å². The van der Waals surface area contributed by atoms with Crippen molar-refractivity contribution < 1.29 is 23.4 Å². The average Bonchev–Trinajstić information content (AvgIpc) is 2.17. The van der Waals surface area contributed by atoms with Crippen molar-refractivity contribution in [3.8, 4) is 5.75 Å². The van der Waals surface area contributed by atoms with E-state index in [9.17, 15) is 18.3 Å². The SMILES string of the molecule is Cl.N[C@H](C[C@@H](O)c1ccc(O)cc1)C(F)(F)F. The number of nitrogens with two attached hydrogens (primary N) is 1. The maximum Gasteiger partial charge on any atom is 0.403 e. The normalized spacial score (nSPS) is 14.9. The Morgan fingerprint density at radius 2 is 1.65 bits per heavy atom. The summed E-state index contributed by atoms with van der Waals surface area (Å²) in [5.41, 5.74) is 5.17. The first-order chi connectivity index (χ1) is 7.30. The molecule has 1 aromatic carbocycles. The monoisotopic (exact) mass is 271 g/mol. The van der Waals surface area contributed by atoms with Crippen LogP contribution in [0.25, 0.3) is 0 Å². The van der Waals surface area contributed by atoms with E-state index in [1.807, 2.05) is 0 Å². The van der Waals surface area contributed by atoms with Crippen molar-refractivity contribution in [3.05, 3.63) is 29.8 Å². The molecule has 0 heterocycles. The van der Waals surface area contributed by atoms with E-state index in [1.165, 1.54) is 24.3 Å². The molecule has 7 heteroatoms. The third kappa shape index (κ3) is 4.80. The molecule has 0 fully saturated rings. The molecule has 1 rings (SSSR count). The van der Waals surface area contributed by atoms with Gasteiger partial charge >= 0.3 is 6.18 Å². The van der Waals surface area contributed by atoms with Crippen molar-refractivity contribution in [2.45, 2.75) is 24.7 Å². The molecule has 0 aliphatic carbocycles. The predicted molar refractivity (Wildman–Crippen MR) is 59.0 cm³/mol. The first kappa shape index (κ1) is 16.0. The molecular weight excluding hydrogens is 259 g/mol. The number of aliphatic hydroxyl groups is 1. The maximum absolute atomic E-state index is 12.1. The largest absolute Gasteiger partial charge is 0.508 e. The van der Waals surface area contributed by atoms with Crippen molar-refractivity contribution in [1.82, 2.24) is 0 Å². The van der Waals surface area contributed by atoms with Crippen LogP contribution in [0, 0.1) is 0 Å². The molecule has 17 heavy (non-hydrogen) atoms. The minimum Gasteiger partial charge on any atom is -0.508 e. The number of phenolic OH excluding ortho intramolecular Hbond substituents is 1. The van der Waals surface area contributed by atoms with Crippen LogP contribution in [0.1, 0.15) is 18.1 Å². The summed E-state index contributed by atoms with van der Waals surface area (Å²) in [4.78, 5) is 0. The summed E-state index contributed by atoms with van der Waals surface area (Å²) < 4.78 is 36.3. The Morgan fingerprint density at radius 3 is 2.06 bits per heavy atom. The number of aromatic hydroxyl groups is 1. The van der Waals surface area contributed by atoms with Crippen molar-refractivity contribution in [3.63, 3.8) is 0 Å². The van der Waals surface area contributed by atoms with Gasteiger partial charge in [-0.25, -0.2) is 0 Å². The van der Waals surface area contributed by atoms with Gasteiger partial charge in [0.1, 0.15) is 11.8 Å². The number of hydrogen-bond donors (Lipinski definition) is 3. The van der Waals surface area contributed by atoms with Crippen molar-refractivity contribution in [2.24, 2.45) is 5.73 Å². The quantitative estimate of drug-likeness (QED) is 0.789. The van der Waals surface area contributed by atoms with Gasteiger partial charge in [0.2, 0.25) is 0 Å². The molecular formula is C10H13ClF3NO2. The van der Waals surface area contributed by atoms with E-state index in [0.29, 0.717) is 0 Å². The molecule has 4 N–H and O–H groups in total. The topological polar surface area (TPSA) is 66.5 Å². The molecule has 3 nitrogen and oxygen atoms in total. The minimum atomic E-state index is -4.52. The Labute approximate surface area is 102 Å². The second-order valence-electron chi connectivity index (χ2n) is 3.49. The Bertz CT molecular complexity index is 342. The van der Waals surface area contributed by atoms with Crippen LogP contribution in [0.15, 0.2) is 24.3 Å². The highest BCUT2D eigenvalue weighted by Gasteiger charge is 2.37. The second-order valence-corrected chi connectivity index (χ2v) is 3.49. The highest BCUT2D eigenvalue weighted by Crippen LogP contribution is 2.27. The van der Waals surface area contributed by atoms with Gasteiger partial charge in [-0.15, -0.1) is 12.4 Å². The Kier molecular flexibility index (Phi) is 5.74. The lowest BCUT2D eigenvalue weighted by atomic mass is 10.0. The van der Waals surface area contributed by atoms with Crippen LogP contribution in [-0.4, -0.2) is 22.4 Å². The van der Waals surface area contributed by atoms with Gasteiger partial charge in [-0.05, 0) is 17.7 Å². The van der Waals surface area contributed by atoms with Crippen LogP contribution in [0.5, 0.6) is 5.75 Å². The van der Waals surface area contributed by atoms with E-state index in [0.717, 1.165) is 0 Å². The Hall–Kier alpha value is -0.980. The number of aliphatic hydroxyl groups excluding tert-OH is 1. The molecule has 98 valence electrons. The van der Waals surface area contributed by atoms with Gasteiger partial charge in [0.05, 0.1) is 6.10 Å². The van der Waals surface area contributed by atoms with Crippen LogP contribution >= 0.6 is 12.4 Å². The third-order valence-electron chi connectivity index (χ3n) is 2.18. The first-order valence-electron chi connectivity index (χ1n) is 4.60. The fourth-order valence-corrected chi connectivity index (χ4v) is 1.21. The van der Waals surface area contributed by atoms with Gasteiger partial charge in [-0.2, -0.15) is 13.2 Å². The number of benzene rings is 1. The van der Waals surface area contributed by atoms with Crippen molar-refractivity contribution in [1.29, 1.82) is 0 Å². The van der Waals surface area contributed by atoms with Gasteiger partial charge in [0.15, 0.2) is 0 Å². The zero-order valence-corrected chi connectivity index (χ0v) is 9.50. The molecule has 0 amide bonds. The summed E-state index contributed by atoms with van der Waals surface area (Å²) in [6.07, 6.45) is -6.41. The van der Waals surface area contributed by atoms with E-state index >= 15 is 0 Å². The average molecular weight is 272 g/mol. The Balaban J connectivity index is 0.00000256. The molecule has 0 bridgehead atoms. The van der Waals surface area contributed by atoms with Crippen LogP contribution < -0.4 is 5.73 Å². The molecule has 2 atom stereocenters. The van der Waals surface area contributed by atoms with E-state index in [1.54, 1.807) is 0 Å². The molecule has 0 saturated heterocycles. The minimum absolute atomic E-state index is 0. The molecule has 0 aliphatic rings. The second kappa shape index (κ2) is 6.09. The lowest BCUT2D eigenvalue weighted by Gasteiger charge is -2.19. The van der Waals surface area contributed by atoms with Gasteiger partial charge in [0, 0.05) is 6.42 Å². The highest BCUT2D eigenvalue weighted by atomic mass is 35.5. The number of halogens is 4. The molecule has 0 spiro atoms. The van der Waals surface area contributed by atoms with E-state index in [4.69, 9.17) is 10.8 Å². The fourth-order valence-electron chi connectivity index (χ4n) is 1.21. The van der Waals surface area contributed by atoms with Crippen LogP contribution in [0.4, 0.5) is 13.2 Å². The first-order valence-corrected chi connectivity index (χ1v) is 4.60. The summed E-state index contributed by atoms with van der Waals surface area (Å²) in [6, 6.07) is 3.22. The molecule has 0 saturated carbocycles. The van der Waals surface area contributed by atoms with Gasteiger partial charge in [0.25, 0.3) is 0 Å². The standard InChI is InChI=1S/C10H12F3NO2.ClH/c11-10(12,13)9(14)5-8(16)6-1-3-7(15)4-2-6;/h1-4,8-9,15-16H,5,14H2;1H/t8-,9-;/m1./s1. The summed E-state index contributed by atoms with van der Waals surface area (Å²) in [7, 11) is 0. The predicted octanol–water partition coefficient (Wildman–Crippen LogP) is 2.13. The highest BCUT2D eigenvalue weighted by molar-refractivity contribution is 5.85. The zero-order valence-electron chi connectivity index (χ0n) is 8.69.